The molecule has 1 aromatic carbocycles. The molecule has 0 aliphatic carbocycles. The minimum absolute atomic E-state index is 0.585. The van der Waals surface area contributed by atoms with E-state index in [9.17, 15) is 0 Å². The molecule has 0 spiro atoms. The van der Waals surface area contributed by atoms with Crippen LogP contribution in [0.1, 0.15) is 31.2 Å². The topological polar surface area (TPSA) is 64.9 Å². The highest BCUT2D eigenvalue weighted by molar-refractivity contribution is 9.10. The highest BCUT2D eigenvalue weighted by Gasteiger charge is 2.12. The van der Waals surface area contributed by atoms with Gasteiger partial charge >= 0.3 is 0 Å². The molecule has 0 aliphatic rings. The first-order valence-electron chi connectivity index (χ1n) is 6.89. The maximum Gasteiger partial charge on any atom is 0.226 e. The van der Waals surface area contributed by atoms with Crippen molar-refractivity contribution >= 4 is 15.9 Å². The number of rotatable bonds is 6. The average molecular weight is 338 g/mol. The van der Waals surface area contributed by atoms with Crippen LogP contribution in [0.3, 0.4) is 0 Å². The lowest BCUT2D eigenvalue weighted by Gasteiger charge is -2.06. The summed E-state index contributed by atoms with van der Waals surface area (Å²) in [5.41, 5.74) is 7.70. The number of benzene rings is 1. The van der Waals surface area contributed by atoms with Crippen LogP contribution < -0.4 is 5.73 Å². The third-order valence-electron chi connectivity index (χ3n) is 3.34. The van der Waals surface area contributed by atoms with Crippen LogP contribution in [-0.2, 0) is 6.42 Å². The van der Waals surface area contributed by atoms with E-state index in [4.69, 9.17) is 10.3 Å². The molecule has 0 saturated carbocycles. The molecule has 4 nitrogen and oxygen atoms in total. The Labute approximate surface area is 127 Å². The highest BCUT2D eigenvalue weighted by atomic mass is 79.9. The van der Waals surface area contributed by atoms with Crippen molar-refractivity contribution in [1.82, 2.24) is 10.1 Å². The maximum absolute atomic E-state index is 5.55. The minimum atomic E-state index is 0.585. The molecule has 5 heteroatoms. The molecule has 0 fully saturated rings. The second-order valence-corrected chi connectivity index (χ2v) is 6.07. The fraction of sp³-hybridized carbons (Fsp3) is 0.467. The molecule has 0 radical (unpaired) electrons. The number of nitrogens with zero attached hydrogens (tertiary/aromatic N) is 2. The molecule has 108 valence electrons. The van der Waals surface area contributed by atoms with Gasteiger partial charge in [0.15, 0.2) is 0 Å². The first kappa shape index (κ1) is 15.2. The molecule has 1 unspecified atom stereocenters. The van der Waals surface area contributed by atoms with E-state index >= 15 is 0 Å². The van der Waals surface area contributed by atoms with E-state index in [1.54, 1.807) is 0 Å². The summed E-state index contributed by atoms with van der Waals surface area (Å²) in [6, 6.07) is 6.10. The number of hydrogen-bond donors (Lipinski definition) is 1. The van der Waals surface area contributed by atoms with Crippen molar-refractivity contribution in [1.29, 1.82) is 0 Å². The Balaban J connectivity index is 2.05. The standard InChI is InChI=1S/C15H20BrN3O/c1-10(7-8-17)4-6-14-18-15(19-20-14)12-5-3-11(2)9-13(12)16/h3,5,9-10H,4,6-8,17H2,1-2H3. The van der Waals surface area contributed by atoms with E-state index in [1.807, 2.05) is 12.1 Å². The molecule has 2 N–H and O–H groups in total. The second-order valence-electron chi connectivity index (χ2n) is 5.22. The monoisotopic (exact) mass is 337 g/mol. The quantitative estimate of drug-likeness (QED) is 0.872. The van der Waals surface area contributed by atoms with Gasteiger partial charge in [-0.25, -0.2) is 0 Å². The van der Waals surface area contributed by atoms with Gasteiger partial charge in [0.2, 0.25) is 11.7 Å². The molecule has 2 rings (SSSR count). The van der Waals surface area contributed by atoms with Crippen LogP contribution in [0.5, 0.6) is 0 Å². The Morgan fingerprint density at radius 3 is 2.85 bits per heavy atom. The lowest BCUT2D eigenvalue weighted by atomic mass is 10.0. The SMILES string of the molecule is Cc1ccc(-c2noc(CCC(C)CCN)n2)c(Br)c1. The number of hydrogen-bond acceptors (Lipinski definition) is 4. The largest absolute Gasteiger partial charge is 0.339 e. The third-order valence-corrected chi connectivity index (χ3v) is 4.00. The Bertz CT molecular complexity index is 568. The molecule has 1 aromatic heterocycles. The van der Waals surface area contributed by atoms with Crippen molar-refractivity contribution in [2.24, 2.45) is 11.7 Å². The van der Waals surface area contributed by atoms with Gasteiger partial charge in [-0.2, -0.15) is 4.98 Å². The predicted octanol–water partition coefficient (Wildman–Crippen LogP) is 3.73. The third kappa shape index (κ3) is 3.90. The lowest BCUT2D eigenvalue weighted by Crippen LogP contribution is -2.06. The van der Waals surface area contributed by atoms with Crippen LogP contribution in [0.2, 0.25) is 0 Å². The van der Waals surface area contributed by atoms with E-state index < -0.39 is 0 Å². The van der Waals surface area contributed by atoms with Gasteiger partial charge < -0.3 is 10.3 Å². The zero-order chi connectivity index (χ0) is 14.5. The molecule has 0 saturated heterocycles. The number of nitrogens with two attached hydrogens (primary N) is 1. The number of aryl methyl sites for hydroxylation is 2. The summed E-state index contributed by atoms with van der Waals surface area (Å²) in [4.78, 5) is 4.46. The Morgan fingerprint density at radius 2 is 2.15 bits per heavy atom. The van der Waals surface area contributed by atoms with Gasteiger partial charge in [0, 0.05) is 16.5 Å². The van der Waals surface area contributed by atoms with Crippen LogP contribution in [0, 0.1) is 12.8 Å². The Morgan fingerprint density at radius 1 is 1.35 bits per heavy atom. The maximum atomic E-state index is 5.55. The molecule has 0 amide bonds. The fourth-order valence-electron chi connectivity index (χ4n) is 2.07. The van der Waals surface area contributed by atoms with Crippen molar-refractivity contribution in [3.05, 3.63) is 34.1 Å². The normalized spacial score (nSPS) is 12.6. The summed E-state index contributed by atoms with van der Waals surface area (Å²) in [5.74, 6) is 1.91. The number of aromatic nitrogens is 2. The molecule has 0 bridgehead atoms. The summed E-state index contributed by atoms with van der Waals surface area (Å²) in [7, 11) is 0. The van der Waals surface area contributed by atoms with Crippen LogP contribution in [0.25, 0.3) is 11.4 Å². The smallest absolute Gasteiger partial charge is 0.226 e. The Kier molecular flexibility index (Phi) is 5.31. The predicted molar refractivity (Wildman–Crippen MR) is 83.3 cm³/mol. The molecule has 1 heterocycles. The van der Waals surface area contributed by atoms with Gasteiger partial charge in [0.05, 0.1) is 0 Å². The number of halogens is 1. The fourth-order valence-corrected chi connectivity index (χ4v) is 2.74. The van der Waals surface area contributed by atoms with Crippen molar-refractivity contribution < 1.29 is 4.52 Å². The highest BCUT2D eigenvalue weighted by Crippen LogP contribution is 2.27. The first-order valence-corrected chi connectivity index (χ1v) is 7.68. The molecule has 20 heavy (non-hydrogen) atoms. The van der Waals surface area contributed by atoms with E-state index in [-0.39, 0.29) is 0 Å². The van der Waals surface area contributed by atoms with Crippen molar-refractivity contribution in [3.8, 4) is 11.4 Å². The molecule has 2 aromatic rings. The van der Waals surface area contributed by atoms with Crippen LogP contribution in [0.4, 0.5) is 0 Å². The van der Waals surface area contributed by atoms with Crippen LogP contribution in [-0.4, -0.2) is 16.7 Å². The summed E-state index contributed by atoms with van der Waals surface area (Å²) in [5, 5.41) is 4.06. The van der Waals surface area contributed by atoms with Gasteiger partial charge in [-0.05, 0) is 49.9 Å². The van der Waals surface area contributed by atoms with Crippen molar-refractivity contribution in [3.63, 3.8) is 0 Å². The molecule has 0 aliphatic heterocycles. The minimum Gasteiger partial charge on any atom is -0.339 e. The van der Waals surface area contributed by atoms with Gasteiger partial charge in [0.25, 0.3) is 0 Å². The van der Waals surface area contributed by atoms with Crippen LogP contribution in [0.15, 0.2) is 27.2 Å². The van der Waals surface area contributed by atoms with Crippen molar-refractivity contribution in [2.75, 3.05) is 6.54 Å². The van der Waals surface area contributed by atoms with E-state index in [0.29, 0.717) is 17.6 Å². The van der Waals surface area contributed by atoms with Crippen LogP contribution >= 0.6 is 15.9 Å². The molecular formula is C15H20BrN3O. The van der Waals surface area contributed by atoms with E-state index in [2.05, 4.69) is 46.0 Å². The molecular weight excluding hydrogens is 318 g/mol. The zero-order valence-electron chi connectivity index (χ0n) is 11.9. The van der Waals surface area contributed by atoms with Gasteiger partial charge in [-0.3, -0.25) is 0 Å². The first-order chi connectivity index (χ1) is 9.60. The summed E-state index contributed by atoms with van der Waals surface area (Å²) < 4.78 is 6.31. The van der Waals surface area contributed by atoms with Gasteiger partial charge in [-0.15, -0.1) is 0 Å². The summed E-state index contributed by atoms with van der Waals surface area (Å²) >= 11 is 3.54. The second kappa shape index (κ2) is 6.99. The summed E-state index contributed by atoms with van der Waals surface area (Å²) in [6.45, 7) is 4.97. The van der Waals surface area contributed by atoms with E-state index in [1.165, 1.54) is 5.56 Å². The van der Waals surface area contributed by atoms with Gasteiger partial charge in [-0.1, -0.05) is 34.1 Å². The zero-order valence-corrected chi connectivity index (χ0v) is 13.5. The summed E-state index contributed by atoms with van der Waals surface area (Å²) in [6.07, 6.45) is 2.86. The van der Waals surface area contributed by atoms with Crippen molar-refractivity contribution in [2.45, 2.75) is 33.1 Å². The molecule has 1 atom stereocenters. The van der Waals surface area contributed by atoms with E-state index in [0.717, 1.165) is 35.8 Å². The lowest BCUT2D eigenvalue weighted by molar-refractivity contribution is 0.362. The van der Waals surface area contributed by atoms with Gasteiger partial charge in [0.1, 0.15) is 0 Å². The average Bonchev–Trinajstić information content (AvgIpc) is 2.85. The Hall–Kier alpha value is -1.20.